The Balaban J connectivity index is 0.00000288. The molecule has 0 bridgehead atoms. The van der Waals surface area contributed by atoms with Crippen LogP contribution in [-0.2, 0) is 17.9 Å². The molecule has 2 aromatic rings. The maximum Gasteiger partial charge on any atom is 0.251 e. The molecule has 3 N–H and O–H groups in total. The molecule has 0 unspecified atom stereocenters. The van der Waals surface area contributed by atoms with Crippen LogP contribution in [-0.4, -0.2) is 30.4 Å². The van der Waals surface area contributed by atoms with Gasteiger partial charge in [-0.05, 0) is 19.2 Å². The minimum absolute atomic E-state index is 0. The van der Waals surface area contributed by atoms with Crippen LogP contribution in [0.2, 0.25) is 0 Å². The number of thiazole rings is 1. The topological polar surface area (TPSA) is 83.1 Å². The Morgan fingerprint density at radius 2 is 1.88 bits per heavy atom. The van der Waals surface area contributed by atoms with E-state index in [4.69, 9.17) is 0 Å². The van der Waals surface area contributed by atoms with Crippen LogP contribution < -0.4 is 16.0 Å². The lowest BCUT2D eigenvalue weighted by Crippen LogP contribution is -2.26. The minimum atomic E-state index is -0.122. The molecule has 130 valence electrons. The maximum atomic E-state index is 11.9. The van der Waals surface area contributed by atoms with Gasteiger partial charge in [-0.1, -0.05) is 18.2 Å². The molecule has 1 aromatic heterocycles. The van der Waals surface area contributed by atoms with Crippen molar-refractivity contribution in [2.45, 2.75) is 19.5 Å². The van der Waals surface area contributed by atoms with E-state index in [9.17, 15) is 9.59 Å². The first kappa shape index (κ1) is 20.1. The van der Waals surface area contributed by atoms with Crippen LogP contribution >= 0.6 is 23.7 Å². The minimum Gasteiger partial charge on any atom is -0.350 e. The highest BCUT2D eigenvalue weighted by molar-refractivity contribution is 7.09. The molecule has 1 aromatic carbocycles. The molecular weight excluding hydrogens is 348 g/mol. The fraction of sp³-hybridized carbons (Fsp3) is 0.312. The summed E-state index contributed by atoms with van der Waals surface area (Å²) >= 11 is 1.47. The molecule has 8 heteroatoms. The summed E-state index contributed by atoms with van der Waals surface area (Å²) in [7, 11) is 1.81. The summed E-state index contributed by atoms with van der Waals surface area (Å²) in [6.45, 7) is 1.44. The summed E-state index contributed by atoms with van der Waals surface area (Å²) in [5.74, 6) is -0.131. The predicted molar refractivity (Wildman–Crippen MR) is 97.4 cm³/mol. The van der Waals surface area contributed by atoms with Crippen LogP contribution in [0.25, 0.3) is 0 Å². The van der Waals surface area contributed by atoms with Crippen LogP contribution in [0.4, 0.5) is 0 Å². The average Bonchev–Trinajstić information content (AvgIpc) is 3.04. The predicted octanol–water partition coefficient (Wildman–Crippen LogP) is 1.72. The second kappa shape index (κ2) is 10.7. The van der Waals surface area contributed by atoms with E-state index >= 15 is 0 Å². The molecule has 0 radical (unpaired) electrons. The van der Waals surface area contributed by atoms with Crippen molar-refractivity contribution in [1.29, 1.82) is 0 Å². The van der Waals surface area contributed by atoms with Gasteiger partial charge in [-0.25, -0.2) is 4.98 Å². The third kappa shape index (κ3) is 6.66. The highest BCUT2D eigenvalue weighted by Crippen LogP contribution is 2.10. The number of benzene rings is 1. The lowest BCUT2D eigenvalue weighted by molar-refractivity contribution is -0.121. The van der Waals surface area contributed by atoms with E-state index in [1.165, 1.54) is 11.3 Å². The molecule has 0 spiro atoms. The first-order valence-corrected chi connectivity index (χ1v) is 8.25. The van der Waals surface area contributed by atoms with Gasteiger partial charge in [0.25, 0.3) is 5.91 Å². The molecule has 2 amide bonds. The van der Waals surface area contributed by atoms with Crippen molar-refractivity contribution >= 4 is 35.6 Å². The summed E-state index contributed by atoms with van der Waals surface area (Å²) < 4.78 is 0. The van der Waals surface area contributed by atoms with Crippen molar-refractivity contribution in [3.63, 3.8) is 0 Å². The van der Waals surface area contributed by atoms with Gasteiger partial charge in [0.2, 0.25) is 5.91 Å². The smallest absolute Gasteiger partial charge is 0.251 e. The third-order valence-corrected chi connectivity index (χ3v) is 4.00. The molecule has 0 aliphatic heterocycles. The number of amides is 2. The Bertz CT molecular complexity index is 649. The summed E-state index contributed by atoms with van der Waals surface area (Å²) in [5.41, 5.74) is 1.43. The summed E-state index contributed by atoms with van der Waals surface area (Å²) in [6.07, 6.45) is 0.445. The quantitative estimate of drug-likeness (QED) is 0.662. The number of halogens is 1. The van der Waals surface area contributed by atoms with E-state index in [2.05, 4.69) is 20.9 Å². The monoisotopic (exact) mass is 368 g/mol. The molecule has 0 saturated carbocycles. The number of hydrogen-bond donors (Lipinski definition) is 3. The summed E-state index contributed by atoms with van der Waals surface area (Å²) in [6, 6.07) is 9.06. The van der Waals surface area contributed by atoms with Gasteiger partial charge in [-0.2, -0.15) is 0 Å². The van der Waals surface area contributed by atoms with Gasteiger partial charge in [0.05, 0.1) is 18.8 Å². The molecule has 0 atom stereocenters. The van der Waals surface area contributed by atoms with Gasteiger partial charge in [0.15, 0.2) is 0 Å². The molecule has 0 saturated heterocycles. The van der Waals surface area contributed by atoms with Crippen LogP contribution in [0, 0.1) is 0 Å². The van der Waals surface area contributed by atoms with Gasteiger partial charge in [-0.15, -0.1) is 23.7 Å². The molecule has 6 nitrogen and oxygen atoms in total. The lowest BCUT2D eigenvalue weighted by Gasteiger charge is -2.03. The van der Waals surface area contributed by atoms with E-state index in [0.29, 0.717) is 31.6 Å². The number of nitrogens with one attached hydrogen (secondary N) is 3. The Morgan fingerprint density at radius 3 is 2.58 bits per heavy atom. The number of carbonyl (C=O) groups excluding carboxylic acids is 2. The maximum absolute atomic E-state index is 11.9. The van der Waals surface area contributed by atoms with Crippen molar-refractivity contribution < 1.29 is 9.59 Å². The number of nitrogens with zero attached hydrogens (tertiary/aromatic N) is 1. The fourth-order valence-electron chi connectivity index (χ4n) is 1.87. The summed E-state index contributed by atoms with van der Waals surface area (Å²) in [4.78, 5) is 27.9. The zero-order valence-electron chi connectivity index (χ0n) is 13.4. The summed E-state index contributed by atoms with van der Waals surface area (Å²) in [5, 5.41) is 11.3. The number of carbonyl (C=O) groups is 2. The third-order valence-electron chi connectivity index (χ3n) is 3.10. The average molecular weight is 369 g/mol. The molecule has 1 heterocycles. The highest BCUT2D eigenvalue weighted by Gasteiger charge is 2.07. The lowest BCUT2D eigenvalue weighted by atomic mass is 10.2. The van der Waals surface area contributed by atoms with Crippen molar-refractivity contribution in [2.24, 2.45) is 0 Å². The van der Waals surface area contributed by atoms with Crippen molar-refractivity contribution in [1.82, 2.24) is 20.9 Å². The van der Waals surface area contributed by atoms with E-state index in [0.717, 1.165) is 10.7 Å². The normalized spacial score (nSPS) is 9.88. The van der Waals surface area contributed by atoms with Gasteiger partial charge in [-0.3, -0.25) is 9.59 Å². The first-order valence-electron chi connectivity index (χ1n) is 7.37. The number of rotatable bonds is 8. The van der Waals surface area contributed by atoms with E-state index < -0.39 is 0 Å². The van der Waals surface area contributed by atoms with Crippen molar-refractivity contribution in [3.05, 3.63) is 52.0 Å². The van der Waals surface area contributed by atoms with Gasteiger partial charge in [0.1, 0.15) is 5.01 Å². The largest absolute Gasteiger partial charge is 0.350 e. The second-order valence-electron chi connectivity index (χ2n) is 4.91. The Hall–Kier alpha value is -1.96. The molecule has 0 aliphatic carbocycles. The molecule has 0 fully saturated rings. The molecular formula is C16H21ClN4O2S. The molecule has 24 heavy (non-hydrogen) atoms. The van der Waals surface area contributed by atoms with Crippen molar-refractivity contribution in [3.8, 4) is 0 Å². The Morgan fingerprint density at radius 1 is 1.12 bits per heavy atom. The van der Waals surface area contributed by atoms with E-state index in [1.807, 2.05) is 30.6 Å². The number of aromatic nitrogens is 1. The SMILES string of the molecule is CNCCC(=O)NCc1csc(CNC(=O)c2ccccc2)n1.Cl. The zero-order valence-corrected chi connectivity index (χ0v) is 15.0. The highest BCUT2D eigenvalue weighted by atomic mass is 35.5. The van der Waals surface area contributed by atoms with Gasteiger partial charge < -0.3 is 16.0 Å². The van der Waals surface area contributed by atoms with Gasteiger partial charge >= 0.3 is 0 Å². The molecule has 2 rings (SSSR count). The van der Waals surface area contributed by atoms with Crippen LogP contribution in [0.5, 0.6) is 0 Å². The Kier molecular flexibility index (Phi) is 8.99. The zero-order chi connectivity index (χ0) is 16.5. The molecule has 0 aliphatic rings. The van der Waals surface area contributed by atoms with Crippen LogP contribution in [0.1, 0.15) is 27.5 Å². The van der Waals surface area contributed by atoms with E-state index in [-0.39, 0.29) is 24.2 Å². The Labute approximate surface area is 151 Å². The first-order chi connectivity index (χ1) is 11.2. The van der Waals surface area contributed by atoms with Gasteiger partial charge in [0, 0.05) is 23.9 Å². The van der Waals surface area contributed by atoms with E-state index in [1.54, 1.807) is 12.1 Å². The van der Waals surface area contributed by atoms with Crippen LogP contribution in [0.3, 0.4) is 0 Å². The van der Waals surface area contributed by atoms with Crippen LogP contribution in [0.15, 0.2) is 35.7 Å². The van der Waals surface area contributed by atoms with Crippen molar-refractivity contribution in [2.75, 3.05) is 13.6 Å². The number of hydrogen-bond acceptors (Lipinski definition) is 5. The second-order valence-corrected chi connectivity index (χ2v) is 5.85. The standard InChI is InChI=1S/C16H20N4O2S.ClH/c1-17-8-7-14(21)18-9-13-11-23-15(20-13)10-19-16(22)12-5-3-2-4-6-12;/h2-6,11,17H,7-10H2,1H3,(H,18,21)(H,19,22);1H. The fourth-order valence-corrected chi connectivity index (χ4v) is 2.61.